The first-order valence-electron chi connectivity index (χ1n) is 22.2. The van der Waals surface area contributed by atoms with Crippen molar-refractivity contribution in [1.82, 2.24) is 0 Å². The van der Waals surface area contributed by atoms with E-state index in [2.05, 4.69) is 6.92 Å². The van der Waals surface area contributed by atoms with Crippen molar-refractivity contribution in [2.45, 2.75) is 203 Å². The number of hydrogen-bond donors (Lipinski definition) is 6. The van der Waals surface area contributed by atoms with Gasteiger partial charge in [-0.2, -0.15) is 0 Å². The van der Waals surface area contributed by atoms with Gasteiger partial charge in [0.25, 0.3) is 0 Å². The maximum Gasteiger partial charge on any atom is 0.314 e. The third kappa shape index (κ3) is 6.95. The maximum atomic E-state index is 12.6. The average molecular weight is 784 g/mol. The first-order chi connectivity index (χ1) is 27.2. The van der Waals surface area contributed by atoms with Gasteiger partial charge in [-0.3, -0.25) is 4.79 Å². The number of fused-ring (bicyclic) bond motifs is 5. The minimum atomic E-state index is -2.55. The highest BCUT2D eigenvalue weighted by Gasteiger charge is 2.71. The number of allylic oxidation sites excluding steroid dienone is 1. The predicted octanol–water partition coefficient (Wildman–Crippen LogP) is 2.57. The topological polar surface area (TPSA) is 203 Å². The number of ether oxygens (including phenoxy) is 7. The zero-order valence-corrected chi connectivity index (χ0v) is 32.6. The van der Waals surface area contributed by atoms with E-state index in [0.29, 0.717) is 19.3 Å². The second-order valence-electron chi connectivity index (χ2n) is 18.5. The van der Waals surface area contributed by atoms with Crippen molar-refractivity contribution in [3.05, 3.63) is 11.8 Å². The number of aliphatic hydroxyl groups excluding tert-OH is 5. The van der Waals surface area contributed by atoms with Crippen LogP contribution < -0.4 is 0 Å². The summed E-state index contributed by atoms with van der Waals surface area (Å²) in [6, 6.07) is -0.511. The van der Waals surface area contributed by atoms with E-state index in [-0.39, 0.29) is 54.3 Å². The number of carbonyl (C=O) groups excluding carboxylic acids is 1. The summed E-state index contributed by atoms with van der Waals surface area (Å²) in [5.74, 6) is -1.62. The summed E-state index contributed by atoms with van der Waals surface area (Å²) in [5.41, 5.74) is -2.55. The van der Waals surface area contributed by atoms with Crippen LogP contribution in [0, 0.1) is 34.5 Å². The molecule has 0 aromatic carbocycles. The summed E-state index contributed by atoms with van der Waals surface area (Å²) in [6.07, 6.45) is -7.62. The van der Waals surface area contributed by atoms with Gasteiger partial charge >= 0.3 is 5.97 Å². The van der Waals surface area contributed by atoms with Gasteiger partial charge in [-0.25, -0.2) is 0 Å². The second kappa shape index (κ2) is 15.1. The number of rotatable bonds is 7. The van der Waals surface area contributed by atoms with Crippen molar-refractivity contribution >= 4 is 5.97 Å². The maximum absolute atomic E-state index is 12.6. The molecule has 4 saturated carbocycles. The van der Waals surface area contributed by atoms with Gasteiger partial charge in [0.15, 0.2) is 18.9 Å². The minimum Gasteiger partial charge on any atom is -0.431 e. The van der Waals surface area contributed by atoms with Crippen LogP contribution in [0.3, 0.4) is 0 Å². The third-order valence-corrected chi connectivity index (χ3v) is 15.6. The normalized spacial score (nSPS) is 57.4. The summed E-state index contributed by atoms with van der Waals surface area (Å²) in [4.78, 5) is 12.3. The first-order valence-corrected chi connectivity index (χ1v) is 20.7. The molecule has 0 aromatic heterocycles. The van der Waals surface area contributed by atoms with Gasteiger partial charge in [0, 0.05) is 33.3 Å². The molecule has 7 fully saturated rings. The summed E-state index contributed by atoms with van der Waals surface area (Å²) >= 11 is 0. The Balaban J connectivity index is 0.849. The van der Waals surface area contributed by atoms with E-state index in [1.54, 1.807) is 13.8 Å². The number of cyclic esters (lactones) is 1. The van der Waals surface area contributed by atoms with Gasteiger partial charge in [-0.05, 0) is 101 Å². The van der Waals surface area contributed by atoms with Crippen molar-refractivity contribution in [2.75, 3.05) is 0 Å². The fraction of sp³-hybridized carbons (Fsp3) is 0.927. The molecule has 0 amide bonds. The van der Waals surface area contributed by atoms with Crippen LogP contribution in [0.2, 0.25) is 0 Å². The quantitative estimate of drug-likeness (QED) is 0.163. The number of carbonyl (C=O) groups is 1. The number of esters is 1. The van der Waals surface area contributed by atoms with E-state index in [1.807, 2.05) is 13.8 Å². The highest BCUT2D eigenvalue weighted by atomic mass is 16.7. The molecule has 312 valence electrons. The van der Waals surface area contributed by atoms with E-state index in [1.165, 1.54) is 0 Å². The Labute approximate surface area is 328 Å². The Kier molecular flexibility index (Phi) is 10.1. The van der Waals surface area contributed by atoms with Crippen LogP contribution in [0.5, 0.6) is 0 Å². The fourth-order valence-corrected chi connectivity index (χ4v) is 12.4. The molecular weight excluding hydrogens is 716 g/mol. The molecule has 0 spiro atoms. The van der Waals surface area contributed by atoms with Gasteiger partial charge in [0.1, 0.15) is 24.1 Å². The molecule has 0 bridgehead atoms. The Morgan fingerprint density at radius 2 is 1.35 bits per heavy atom. The lowest BCUT2D eigenvalue weighted by atomic mass is 9.42. The molecule has 14 nitrogen and oxygen atoms in total. The molecule has 4 aliphatic carbocycles. The summed E-state index contributed by atoms with van der Waals surface area (Å²) < 4.78 is 66.7. The largest absolute Gasteiger partial charge is 0.431 e. The van der Waals surface area contributed by atoms with Crippen LogP contribution in [-0.2, 0) is 38.0 Å². The van der Waals surface area contributed by atoms with Crippen molar-refractivity contribution in [3.8, 4) is 0 Å². The molecule has 21 atom stereocenters. The minimum absolute atomic E-state index is 0.0306. The number of aliphatic hydroxyl groups is 6. The van der Waals surface area contributed by atoms with Crippen molar-refractivity contribution in [3.63, 3.8) is 0 Å². The molecular formula is C41H64O14. The molecule has 12 unspecified atom stereocenters. The smallest absolute Gasteiger partial charge is 0.314 e. The summed E-state index contributed by atoms with van der Waals surface area (Å²) in [6.45, 7) is 9.30. The van der Waals surface area contributed by atoms with Crippen LogP contribution in [0.4, 0.5) is 0 Å². The van der Waals surface area contributed by atoms with E-state index >= 15 is 0 Å². The van der Waals surface area contributed by atoms with E-state index in [0.717, 1.165) is 32.1 Å². The van der Waals surface area contributed by atoms with Crippen LogP contribution in [-0.4, -0.2) is 128 Å². The molecule has 0 radical (unpaired) electrons. The van der Waals surface area contributed by atoms with Gasteiger partial charge in [-0.1, -0.05) is 13.8 Å². The molecule has 4 aliphatic heterocycles. The van der Waals surface area contributed by atoms with Crippen molar-refractivity contribution in [2.24, 2.45) is 34.5 Å². The van der Waals surface area contributed by atoms with Crippen LogP contribution in [0.1, 0.15) is 116 Å². The van der Waals surface area contributed by atoms with E-state index in [9.17, 15) is 35.4 Å². The highest BCUT2D eigenvalue weighted by Crippen LogP contribution is 2.70. The summed E-state index contributed by atoms with van der Waals surface area (Å²) in [7, 11) is 0. The fourth-order valence-electron chi connectivity index (χ4n) is 12.4. The van der Waals surface area contributed by atoms with Gasteiger partial charge in [0.2, 0.25) is 0 Å². The average Bonchev–Trinajstić information content (AvgIpc) is 3.54. The molecule has 6 N–H and O–H groups in total. The predicted molar refractivity (Wildman–Crippen MR) is 192 cm³/mol. The Morgan fingerprint density at radius 1 is 0.745 bits per heavy atom. The highest BCUT2D eigenvalue weighted by molar-refractivity contribution is 5.75. The second-order valence-corrected chi connectivity index (χ2v) is 18.5. The molecule has 4 heterocycles. The number of hydrogen-bond acceptors (Lipinski definition) is 14. The van der Waals surface area contributed by atoms with E-state index < -0.39 is 115 Å². The first kappa shape index (κ1) is 36.8. The molecule has 3 saturated heterocycles. The Hall–Kier alpha value is -1.27. The monoisotopic (exact) mass is 783 g/mol. The van der Waals surface area contributed by atoms with Crippen LogP contribution in [0.25, 0.3) is 0 Å². The van der Waals surface area contributed by atoms with Gasteiger partial charge < -0.3 is 63.8 Å². The van der Waals surface area contributed by atoms with Crippen LogP contribution >= 0.6 is 0 Å². The Bertz CT molecular complexity index is 1550. The van der Waals surface area contributed by atoms with Crippen LogP contribution in [0.15, 0.2) is 11.8 Å². The zero-order valence-electron chi connectivity index (χ0n) is 35.6. The zero-order chi connectivity index (χ0) is 41.9. The summed E-state index contributed by atoms with van der Waals surface area (Å²) in [5, 5.41) is 67.0. The SMILES string of the molecule is [2H]C1=C([C@H]2CC[C@]3(O)[C@H]4CC[C@@H]5C[C@@H](OC6CC(O)C(OC7CC(O)C(OC8CC(O)C(O)C(C)O8)C(C)O7)C(C)O6)CC[C@]5(C)[C@H]4C[C@@H](O)[C@]23C)OC(=O)C1([2H])[2H]. The molecule has 55 heavy (non-hydrogen) atoms. The van der Waals surface area contributed by atoms with Crippen molar-refractivity contribution < 1.29 is 72.7 Å². The molecule has 8 aliphatic rings. The van der Waals surface area contributed by atoms with Gasteiger partial charge in [0.05, 0.1) is 62.2 Å². The lowest BCUT2D eigenvalue weighted by Crippen LogP contribution is -2.67. The molecule has 8 rings (SSSR count). The Morgan fingerprint density at radius 3 is 1.93 bits per heavy atom. The van der Waals surface area contributed by atoms with Crippen molar-refractivity contribution in [1.29, 1.82) is 0 Å². The molecule has 0 aromatic rings. The lowest BCUT2D eigenvalue weighted by Gasteiger charge is -2.65. The molecule has 14 heteroatoms. The standard InChI is InChI=1S/C41H64O14/c1-19-36(47)27(42)16-34(49-19)54-38-21(3)51-35(18-29(38)44)55-37-20(2)50-33(17-28(37)43)52-23-10-12-39(4)22(14-23)6-7-24-26(39)15-31(45)40(5)25(11-13-41(24,40)48)30-8-9-32(46)53-30/h8,19-29,31,33-38,42-45,47-48H,6-7,9-18H2,1-5H3/t19?,20?,21?,22-,23+,24+,25-,26+,27?,28?,29?,31-,33?,34?,35?,36?,37?,38?,39+,40+,41+/m1/s1/i8D,9D2. The third-order valence-electron chi connectivity index (χ3n) is 15.6. The van der Waals surface area contributed by atoms with E-state index in [4.69, 9.17) is 37.3 Å². The van der Waals surface area contributed by atoms with Gasteiger partial charge in [-0.15, -0.1) is 0 Å². The lowest BCUT2D eigenvalue weighted by molar-refractivity contribution is -0.336.